The molecule has 0 aromatic heterocycles. The Morgan fingerprint density at radius 3 is 2.50 bits per heavy atom. The zero-order valence-corrected chi connectivity index (χ0v) is 11.6. The summed E-state index contributed by atoms with van der Waals surface area (Å²) >= 11 is 12.5. The van der Waals surface area contributed by atoms with Gasteiger partial charge in [-0.15, -0.1) is 22.2 Å². The van der Waals surface area contributed by atoms with E-state index in [2.05, 4.69) is 42.5 Å². The van der Waals surface area contributed by atoms with Gasteiger partial charge in [-0.1, -0.05) is 42.5 Å². The van der Waals surface area contributed by atoms with Crippen LogP contribution in [0.15, 0.2) is 42.5 Å². The van der Waals surface area contributed by atoms with Crippen LogP contribution >= 0.6 is 22.2 Å². The Bertz CT molecular complexity index is 415. The summed E-state index contributed by atoms with van der Waals surface area (Å²) < 4.78 is 0. The van der Waals surface area contributed by atoms with Crippen LogP contribution in [0.5, 0.6) is 0 Å². The third-order valence-corrected chi connectivity index (χ3v) is 8.21. The van der Waals surface area contributed by atoms with Gasteiger partial charge in [-0.05, 0) is 30.2 Å². The Balaban J connectivity index is 1.91. The summed E-state index contributed by atoms with van der Waals surface area (Å²) in [5, 5.41) is 0.175. The fraction of sp³-hybridized carbons (Fsp3) is 0.385. The monoisotopic (exact) mass is 268 g/mol. The van der Waals surface area contributed by atoms with E-state index in [1.54, 1.807) is 0 Å². The lowest BCUT2D eigenvalue weighted by molar-refractivity contribution is 0.587. The largest absolute Gasteiger partial charge is 0.246 e. The molecule has 0 radical (unpaired) electrons. The summed E-state index contributed by atoms with van der Waals surface area (Å²) in [5.74, 6) is 1.30. The van der Waals surface area contributed by atoms with Gasteiger partial charge in [0.05, 0.1) is 0 Å². The second kappa shape index (κ2) is 3.90. The van der Waals surface area contributed by atoms with Crippen LogP contribution in [-0.2, 0) is 0 Å². The minimum atomic E-state index is -1.62. The summed E-state index contributed by atoms with van der Waals surface area (Å²) in [6.45, 7) is 0. The standard InChI is InChI=1S/C13H14Cl2Si/c14-16(15)13-7-6-11(8-13)12(9-13)10-4-2-1-3-5-10/h1-7,11-12,16H,8-9H2. The van der Waals surface area contributed by atoms with Crippen molar-refractivity contribution in [1.82, 2.24) is 0 Å². The van der Waals surface area contributed by atoms with Crippen molar-refractivity contribution in [2.45, 2.75) is 23.8 Å². The number of hydrogen-bond donors (Lipinski definition) is 0. The van der Waals surface area contributed by atoms with E-state index in [-0.39, 0.29) is 5.04 Å². The van der Waals surface area contributed by atoms with Crippen molar-refractivity contribution in [2.75, 3.05) is 0 Å². The lowest BCUT2D eigenvalue weighted by Crippen LogP contribution is -2.18. The van der Waals surface area contributed by atoms with Crippen LogP contribution in [0.4, 0.5) is 0 Å². The highest BCUT2D eigenvalue weighted by Crippen LogP contribution is 2.63. The molecule has 16 heavy (non-hydrogen) atoms. The van der Waals surface area contributed by atoms with E-state index in [1.165, 1.54) is 12.0 Å². The average molecular weight is 269 g/mol. The second-order valence-corrected chi connectivity index (χ2v) is 10.0. The summed E-state index contributed by atoms with van der Waals surface area (Å²) in [6, 6.07) is 10.8. The molecule has 0 amide bonds. The lowest BCUT2D eigenvalue weighted by Gasteiger charge is -2.26. The maximum absolute atomic E-state index is 6.27. The van der Waals surface area contributed by atoms with Gasteiger partial charge in [0.25, 0.3) is 0 Å². The number of hydrogen-bond acceptors (Lipinski definition) is 0. The number of benzene rings is 1. The molecular formula is C13H14Cl2Si. The summed E-state index contributed by atoms with van der Waals surface area (Å²) in [7, 11) is -1.62. The van der Waals surface area contributed by atoms with Crippen LogP contribution in [0.25, 0.3) is 0 Å². The fourth-order valence-corrected chi connectivity index (χ4v) is 5.84. The summed E-state index contributed by atoms with van der Waals surface area (Å²) in [4.78, 5) is 0. The number of rotatable bonds is 2. The summed E-state index contributed by atoms with van der Waals surface area (Å²) in [5.41, 5.74) is 1.45. The smallest absolute Gasteiger partial charge is 0.149 e. The molecule has 0 aliphatic heterocycles. The van der Waals surface area contributed by atoms with Gasteiger partial charge in [0, 0.05) is 5.04 Å². The molecule has 3 rings (SSSR count). The third-order valence-electron chi connectivity index (χ3n) is 4.07. The first-order valence-electron chi connectivity index (χ1n) is 5.74. The van der Waals surface area contributed by atoms with Gasteiger partial charge in [-0.25, -0.2) is 0 Å². The minimum absolute atomic E-state index is 0.175. The van der Waals surface area contributed by atoms with E-state index < -0.39 is 7.42 Å². The predicted octanol–water partition coefficient (Wildman–Crippen LogP) is 4.19. The van der Waals surface area contributed by atoms with Gasteiger partial charge >= 0.3 is 0 Å². The van der Waals surface area contributed by atoms with Gasteiger partial charge in [-0.2, -0.15) is 0 Å². The quantitative estimate of drug-likeness (QED) is 0.429. The van der Waals surface area contributed by atoms with Crippen molar-refractivity contribution in [1.29, 1.82) is 0 Å². The van der Waals surface area contributed by atoms with Crippen molar-refractivity contribution in [2.24, 2.45) is 5.92 Å². The zero-order valence-electron chi connectivity index (χ0n) is 8.94. The van der Waals surface area contributed by atoms with Crippen LogP contribution < -0.4 is 0 Å². The lowest BCUT2D eigenvalue weighted by atomic mass is 9.87. The first-order chi connectivity index (χ1) is 7.71. The van der Waals surface area contributed by atoms with Crippen molar-refractivity contribution in [3.05, 3.63) is 48.0 Å². The van der Waals surface area contributed by atoms with E-state index in [0.717, 1.165) is 6.42 Å². The van der Waals surface area contributed by atoms with Gasteiger partial charge in [-0.3, -0.25) is 0 Å². The molecule has 1 saturated carbocycles. The van der Waals surface area contributed by atoms with Crippen molar-refractivity contribution >= 4 is 29.6 Å². The van der Waals surface area contributed by atoms with Gasteiger partial charge < -0.3 is 0 Å². The fourth-order valence-electron chi connectivity index (χ4n) is 3.19. The van der Waals surface area contributed by atoms with Gasteiger partial charge in [0.1, 0.15) is 0 Å². The first kappa shape index (κ1) is 10.9. The molecular weight excluding hydrogens is 255 g/mol. The molecule has 84 valence electrons. The molecule has 2 aliphatic carbocycles. The molecule has 0 heterocycles. The van der Waals surface area contributed by atoms with Crippen molar-refractivity contribution in [3.63, 3.8) is 0 Å². The van der Waals surface area contributed by atoms with E-state index in [0.29, 0.717) is 11.8 Å². The molecule has 0 N–H and O–H groups in total. The topological polar surface area (TPSA) is 0 Å². The number of fused-ring (bicyclic) bond motifs is 2. The normalized spacial score (nSPS) is 36.2. The molecule has 2 bridgehead atoms. The molecule has 0 nitrogen and oxygen atoms in total. The molecule has 1 aromatic rings. The molecule has 3 heteroatoms. The SMILES string of the molecule is Cl[SiH](Cl)C12C=CC(C1)C(c1ccccc1)C2. The van der Waals surface area contributed by atoms with Crippen molar-refractivity contribution < 1.29 is 0 Å². The van der Waals surface area contributed by atoms with E-state index >= 15 is 0 Å². The summed E-state index contributed by atoms with van der Waals surface area (Å²) in [6.07, 6.45) is 6.97. The molecule has 1 fully saturated rings. The highest BCUT2D eigenvalue weighted by atomic mass is 35.7. The van der Waals surface area contributed by atoms with Crippen LogP contribution in [0, 0.1) is 5.92 Å². The molecule has 0 spiro atoms. The minimum Gasteiger partial charge on any atom is -0.149 e. The maximum Gasteiger partial charge on any atom is 0.246 e. The van der Waals surface area contributed by atoms with Crippen LogP contribution in [0.2, 0.25) is 5.04 Å². The predicted molar refractivity (Wildman–Crippen MR) is 72.6 cm³/mol. The zero-order chi connectivity index (χ0) is 11.2. The maximum atomic E-state index is 6.27. The number of allylic oxidation sites excluding steroid dienone is 2. The van der Waals surface area contributed by atoms with Crippen LogP contribution in [0.1, 0.15) is 24.3 Å². The number of halogens is 2. The van der Waals surface area contributed by atoms with Gasteiger partial charge in [0.2, 0.25) is 7.42 Å². The second-order valence-electron chi connectivity index (χ2n) is 4.98. The molecule has 0 saturated heterocycles. The van der Waals surface area contributed by atoms with Crippen LogP contribution in [-0.4, -0.2) is 7.42 Å². The Hall–Kier alpha value is -0.243. The Morgan fingerprint density at radius 2 is 1.88 bits per heavy atom. The Morgan fingerprint density at radius 1 is 1.12 bits per heavy atom. The highest BCUT2D eigenvalue weighted by Gasteiger charge is 2.51. The van der Waals surface area contributed by atoms with Gasteiger partial charge in [0.15, 0.2) is 0 Å². The first-order valence-corrected chi connectivity index (χ1v) is 9.81. The molecule has 1 aromatic carbocycles. The van der Waals surface area contributed by atoms with E-state index in [1.807, 2.05) is 0 Å². The molecule has 2 aliphatic rings. The Labute approximate surface area is 107 Å². The average Bonchev–Trinajstić information content (AvgIpc) is 2.89. The van der Waals surface area contributed by atoms with E-state index in [9.17, 15) is 0 Å². The highest BCUT2D eigenvalue weighted by molar-refractivity contribution is 7.35. The molecule has 3 unspecified atom stereocenters. The Kier molecular flexibility index (Phi) is 2.65. The van der Waals surface area contributed by atoms with Crippen molar-refractivity contribution in [3.8, 4) is 0 Å². The van der Waals surface area contributed by atoms with Crippen LogP contribution in [0.3, 0.4) is 0 Å². The van der Waals surface area contributed by atoms with E-state index in [4.69, 9.17) is 22.2 Å². The molecule has 3 atom stereocenters. The third kappa shape index (κ3) is 1.57.